The van der Waals surface area contributed by atoms with Crippen LogP contribution in [0.2, 0.25) is 0 Å². The summed E-state index contributed by atoms with van der Waals surface area (Å²) in [5.41, 5.74) is 5.60. The topological polar surface area (TPSA) is 81.7 Å². The lowest BCUT2D eigenvalue weighted by molar-refractivity contribution is -0.137. The third-order valence-corrected chi connectivity index (χ3v) is 6.34. The Balaban J connectivity index is 1.74. The van der Waals surface area contributed by atoms with Crippen molar-refractivity contribution in [3.05, 3.63) is 94.8 Å². The fourth-order valence-corrected chi connectivity index (χ4v) is 4.35. The molecule has 1 amide bonds. The van der Waals surface area contributed by atoms with Crippen LogP contribution in [0, 0.1) is 5.82 Å². The maximum absolute atomic E-state index is 13.8. The molecule has 0 aliphatic carbocycles. The summed E-state index contributed by atoms with van der Waals surface area (Å²) in [5, 5.41) is 15.3. The highest BCUT2D eigenvalue weighted by atomic mass is 19.1. The molecule has 1 aliphatic heterocycles. The fourth-order valence-electron chi connectivity index (χ4n) is 4.35. The minimum Gasteiger partial charge on any atom is -0.481 e. The molecule has 0 bridgehead atoms. The van der Waals surface area contributed by atoms with E-state index in [0.717, 1.165) is 36.4 Å². The van der Waals surface area contributed by atoms with Crippen LogP contribution < -0.4 is 10.6 Å². The first kappa shape index (κ1) is 25.1. The van der Waals surface area contributed by atoms with E-state index in [1.54, 1.807) is 6.07 Å². The molecule has 0 fully saturated rings. The number of hydrogen-bond acceptors (Lipinski definition) is 4. The molecular weight excluding hydrogens is 457 g/mol. The number of nitrogens with one attached hydrogen (secondary N) is 2. The van der Waals surface area contributed by atoms with Gasteiger partial charge in [0.25, 0.3) is 5.91 Å². The number of carbonyl (C=O) groups is 2. The van der Waals surface area contributed by atoms with Crippen molar-refractivity contribution < 1.29 is 19.1 Å². The summed E-state index contributed by atoms with van der Waals surface area (Å²) in [7, 11) is 0. The van der Waals surface area contributed by atoms with Crippen molar-refractivity contribution in [1.82, 2.24) is 4.90 Å². The lowest BCUT2D eigenvalue weighted by atomic mass is 9.97. The van der Waals surface area contributed by atoms with Crippen LogP contribution in [-0.2, 0) is 22.6 Å². The van der Waals surface area contributed by atoms with Crippen LogP contribution in [0.25, 0.3) is 11.3 Å². The van der Waals surface area contributed by atoms with Gasteiger partial charge in [0.2, 0.25) is 0 Å². The van der Waals surface area contributed by atoms with Gasteiger partial charge in [-0.3, -0.25) is 14.5 Å². The van der Waals surface area contributed by atoms with Crippen LogP contribution in [0.3, 0.4) is 0 Å². The van der Waals surface area contributed by atoms with Crippen LogP contribution >= 0.6 is 0 Å². The monoisotopic (exact) mass is 487 g/mol. The van der Waals surface area contributed by atoms with Gasteiger partial charge in [-0.2, -0.15) is 0 Å². The van der Waals surface area contributed by atoms with Crippen LogP contribution in [0.4, 0.5) is 15.8 Å². The maximum atomic E-state index is 13.8. The molecule has 0 aromatic heterocycles. The second-order valence-electron chi connectivity index (χ2n) is 8.77. The van der Waals surface area contributed by atoms with E-state index in [9.17, 15) is 14.0 Å². The van der Waals surface area contributed by atoms with Gasteiger partial charge in [-0.1, -0.05) is 44.2 Å². The van der Waals surface area contributed by atoms with Gasteiger partial charge in [-0.25, -0.2) is 4.39 Å². The van der Waals surface area contributed by atoms with Crippen LogP contribution in [-0.4, -0.2) is 35.0 Å². The van der Waals surface area contributed by atoms with Gasteiger partial charge in [0.15, 0.2) is 0 Å². The number of amides is 1. The minimum absolute atomic E-state index is 0.0133. The van der Waals surface area contributed by atoms with E-state index >= 15 is 0 Å². The second-order valence-corrected chi connectivity index (χ2v) is 8.77. The molecule has 0 atom stereocenters. The molecule has 3 aromatic carbocycles. The number of benzene rings is 3. The number of nitrogens with zero attached hydrogens (tertiary/aromatic N) is 1. The highest BCUT2D eigenvalue weighted by molar-refractivity contribution is 6.37. The number of carbonyl (C=O) groups excluding carboxylic acids is 1. The Morgan fingerprint density at radius 1 is 1.00 bits per heavy atom. The van der Waals surface area contributed by atoms with Gasteiger partial charge in [0, 0.05) is 24.2 Å². The van der Waals surface area contributed by atoms with E-state index in [-0.39, 0.29) is 12.3 Å². The third kappa shape index (κ3) is 5.80. The van der Waals surface area contributed by atoms with Crippen molar-refractivity contribution in [2.75, 3.05) is 23.7 Å². The third-order valence-electron chi connectivity index (χ3n) is 6.34. The molecule has 36 heavy (non-hydrogen) atoms. The zero-order chi connectivity index (χ0) is 25.7. The van der Waals surface area contributed by atoms with E-state index < -0.39 is 11.8 Å². The number of anilines is 2. The van der Waals surface area contributed by atoms with E-state index in [1.807, 2.05) is 36.4 Å². The Hall–Kier alpha value is -3.97. The Bertz CT molecular complexity index is 1300. The second kappa shape index (κ2) is 11.2. The van der Waals surface area contributed by atoms with Crippen LogP contribution in [0.15, 0.2) is 66.7 Å². The zero-order valence-electron chi connectivity index (χ0n) is 20.5. The summed E-state index contributed by atoms with van der Waals surface area (Å²) in [6.45, 7) is 7.08. The van der Waals surface area contributed by atoms with Crippen LogP contribution in [0.1, 0.15) is 42.5 Å². The largest absolute Gasteiger partial charge is 0.481 e. The molecule has 3 aromatic rings. The van der Waals surface area contributed by atoms with Gasteiger partial charge in [0.1, 0.15) is 5.82 Å². The SMILES string of the molecule is CCN(CC)Cc1ccc(N/C(=C2\C(=O)Nc3cc(F)ccc32)c2cccc(CCC(=O)O)c2)cc1. The summed E-state index contributed by atoms with van der Waals surface area (Å²) < 4.78 is 13.8. The summed E-state index contributed by atoms with van der Waals surface area (Å²) in [5.74, 6) is -1.62. The number of fused-ring (bicyclic) bond motifs is 1. The molecule has 4 rings (SSSR count). The van der Waals surface area contributed by atoms with Crippen molar-refractivity contribution in [1.29, 1.82) is 0 Å². The number of hydrogen-bond donors (Lipinski definition) is 3. The van der Waals surface area contributed by atoms with Crippen molar-refractivity contribution in [2.24, 2.45) is 0 Å². The lowest BCUT2D eigenvalue weighted by Gasteiger charge is -2.19. The Morgan fingerprint density at radius 3 is 2.44 bits per heavy atom. The first-order chi connectivity index (χ1) is 17.4. The molecular formula is C29H30FN3O3. The Kier molecular flexibility index (Phi) is 7.80. The fraction of sp³-hybridized carbons (Fsp3) is 0.241. The van der Waals surface area contributed by atoms with Crippen molar-refractivity contribution >= 4 is 34.5 Å². The standard InChI is InChI=1S/C29H30FN3O3/c1-3-33(4-2)18-20-8-12-23(13-9-20)31-28(21-7-5-6-19(16-21)10-15-26(34)35)27-24-14-11-22(30)17-25(24)32-29(27)36/h5-9,11-14,16-17,31H,3-4,10,15,18H2,1-2H3,(H,32,36)(H,34,35)/b28-27-. The summed E-state index contributed by atoms with van der Waals surface area (Å²) in [6, 6.07) is 19.8. The highest BCUT2D eigenvalue weighted by Gasteiger charge is 2.29. The molecule has 0 spiro atoms. The maximum Gasteiger partial charge on any atom is 0.303 e. The average Bonchev–Trinajstić information content (AvgIpc) is 3.20. The number of aryl methyl sites for hydroxylation is 1. The molecule has 0 saturated heterocycles. The first-order valence-electron chi connectivity index (χ1n) is 12.1. The number of carboxylic acid groups (broad SMARTS) is 1. The molecule has 7 heteroatoms. The van der Waals surface area contributed by atoms with Crippen molar-refractivity contribution in [2.45, 2.75) is 33.2 Å². The quantitative estimate of drug-likeness (QED) is 0.324. The minimum atomic E-state index is -0.868. The Labute approximate surface area is 210 Å². The number of rotatable bonds is 10. The van der Waals surface area contributed by atoms with Crippen LogP contribution in [0.5, 0.6) is 0 Å². The normalized spacial score (nSPS) is 13.9. The Morgan fingerprint density at radius 2 is 1.75 bits per heavy atom. The summed E-state index contributed by atoms with van der Waals surface area (Å²) in [4.78, 5) is 26.5. The van der Waals surface area contributed by atoms with Gasteiger partial charge in [-0.05, 0) is 72.6 Å². The predicted molar refractivity (Wildman–Crippen MR) is 141 cm³/mol. The number of carboxylic acids is 1. The van der Waals surface area contributed by atoms with Gasteiger partial charge in [0.05, 0.1) is 17.0 Å². The van der Waals surface area contributed by atoms with E-state index in [4.69, 9.17) is 5.11 Å². The summed E-state index contributed by atoms with van der Waals surface area (Å²) >= 11 is 0. The molecule has 1 heterocycles. The van der Waals surface area contributed by atoms with E-state index in [2.05, 4.69) is 41.5 Å². The highest BCUT2D eigenvalue weighted by Crippen LogP contribution is 2.38. The molecule has 3 N–H and O–H groups in total. The number of aliphatic carboxylic acids is 1. The summed E-state index contributed by atoms with van der Waals surface area (Å²) in [6.07, 6.45) is 0.388. The van der Waals surface area contributed by atoms with E-state index in [1.165, 1.54) is 17.7 Å². The molecule has 1 aliphatic rings. The van der Waals surface area contributed by atoms with Crippen molar-refractivity contribution in [3.8, 4) is 0 Å². The van der Waals surface area contributed by atoms with E-state index in [0.29, 0.717) is 28.9 Å². The molecule has 0 saturated carbocycles. The molecule has 6 nitrogen and oxygen atoms in total. The van der Waals surface area contributed by atoms with Gasteiger partial charge < -0.3 is 15.7 Å². The zero-order valence-corrected chi connectivity index (χ0v) is 20.5. The molecule has 0 unspecified atom stereocenters. The molecule has 0 radical (unpaired) electrons. The smallest absolute Gasteiger partial charge is 0.303 e. The van der Waals surface area contributed by atoms with Crippen molar-refractivity contribution in [3.63, 3.8) is 0 Å². The van der Waals surface area contributed by atoms with Gasteiger partial charge >= 0.3 is 5.97 Å². The van der Waals surface area contributed by atoms with Gasteiger partial charge in [-0.15, -0.1) is 0 Å². The first-order valence-corrected chi connectivity index (χ1v) is 12.1. The number of halogens is 1. The lowest BCUT2D eigenvalue weighted by Crippen LogP contribution is -2.22. The predicted octanol–water partition coefficient (Wildman–Crippen LogP) is 5.62. The average molecular weight is 488 g/mol. The molecule has 186 valence electrons.